The van der Waals surface area contributed by atoms with Gasteiger partial charge in [-0.15, -0.1) is 0 Å². The molecule has 0 saturated carbocycles. The number of ether oxygens (including phenoxy) is 2. The Morgan fingerprint density at radius 3 is 2.51 bits per heavy atom. The molecule has 0 aromatic heterocycles. The lowest BCUT2D eigenvalue weighted by Gasteiger charge is -2.23. The first-order valence-corrected chi connectivity index (χ1v) is 14.0. The molecule has 1 fully saturated rings. The smallest absolute Gasteiger partial charge is 0.410 e. The van der Waals surface area contributed by atoms with Gasteiger partial charge in [0, 0.05) is 29.0 Å². The number of hydrogen-bond acceptors (Lipinski definition) is 6. The van der Waals surface area contributed by atoms with E-state index in [1.165, 1.54) is 6.07 Å². The van der Waals surface area contributed by atoms with Crippen molar-refractivity contribution in [1.29, 1.82) is 0 Å². The Morgan fingerprint density at radius 1 is 1.00 bits per heavy atom. The van der Waals surface area contributed by atoms with Gasteiger partial charge in [0.1, 0.15) is 11.5 Å². The number of carbonyl (C=O) groups is 2. The Balaban J connectivity index is 1.38. The molecular weight excluding hydrogens is 560 g/mol. The molecule has 2 amide bonds. The van der Waals surface area contributed by atoms with Crippen LogP contribution in [0, 0.1) is 5.92 Å². The third-order valence-electron chi connectivity index (χ3n) is 5.87. The van der Waals surface area contributed by atoms with Gasteiger partial charge in [-0.1, -0.05) is 54.6 Å². The summed E-state index contributed by atoms with van der Waals surface area (Å²) in [4.78, 5) is 27.1. The normalized spacial score (nSPS) is 16.0. The summed E-state index contributed by atoms with van der Waals surface area (Å²) < 4.78 is 39.1. The van der Waals surface area contributed by atoms with E-state index in [-0.39, 0.29) is 23.0 Å². The van der Waals surface area contributed by atoms with Crippen LogP contribution in [0.1, 0.15) is 21.5 Å². The maximum atomic E-state index is 12.8. The summed E-state index contributed by atoms with van der Waals surface area (Å²) in [7, 11) is -4.05. The van der Waals surface area contributed by atoms with Crippen LogP contribution in [0.3, 0.4) is 0 Å². The van der Waals surface area contributed by atoms with E-state index in [4.69, 9.17) is 9.47 Å². The van der Waals surface area contributed by atoms with Crippen LogP contribution in [0.2, 0.25) is 0 Å². The minimum Gasteiger partial charge on any atom is -0.445 e. The van der Waals surface area contributed by atoms with Crippen molar-refractivity contribution in [2.45, 2.75) is 17.9 Å². The van der Waals surface area contributed by atoms with Gasteiger partial charge in [-0.05, 0) is 57.7 Å². The SMILES string of the molecule is O=C(NS(=O)(=O)c1ccccc1Br)c1cccc(CC2COCCN(C(=O)OCc3ccccc3)C2)c1. The van der Waals surface area contributed by atoms with Crippen molar-refractivity contribution in [3.8, 4) is 0 Å². The molecule has 1 heterocycles. The van der Waals surface area contributed by atoms with E-state index in [9.17, 15) is 18.0 Å². The van der Waals surface area contributed by atoms with Crippen LogP contribution < -0.4 is 4.72 Å². The minimum atomic E-state index is -4.05. The number of hydrogen-bond donors (Lipinski definition) is 1. The Kier molecular flexibility index (Phi) is 8.96. The molecule has 0 radical (unpaired) electrons. The Labute approximate surface area is 224 Å². The molecule has 0 spiro atoms. The second-order valence-electron chi connectivity index (χ2n) is 8.70. The molecule has 3 aromatic carbocycles. The number of halogens is 1. The summed E-state index contributed by atoms with van der Waals surface area (Å²) in [6.45, 7) is 1.93. The predicted octanol–water partition coefficient (Wildman–Crippen LogP) is 4.40. The predicted molar refractivity (Wildman–Crippen MR) is 141 cm³/mol. The quantitative estimate of drug-likeness (QED) is 0.440. The average molecular weight is 587 g/mol. The summed E-state index contributed by atoms with van der Waals surface area (Å²) in [5.74, 6) is -0.741. The van der Waals surface area contributed by atoms with Crippen LogP contribution in [-0.4, -0.2) is 51.6 Å². The van der Waals surface area contributed by atoms with Crippen molar-refractivity contribution in [3.63, 3.8) is 0 Å². The lowest BCUT2D eigenvalue weighted by molar-refractivity contribution is 0.0914. The van der Waals surface area contributed by atoms with Gasteiger partial charge in [0.2, 0.25) is 0 Å². The molecule has 0 bridgehead atoms. The molecule has 1 unspecified atom stereocenters. The zero-order chi connectivity index (χ0) is 26.3. The first-order chi connectivity index (χ1) is 17.8. The first kappa shape index (κ1) is 26.8. The largest absolute Gasteiger partial charge is 0.445 e. The molecule has 10 heteroatoms. The fraction of sp³-hybridized carbons (Fsp3) is 0.259. The molecule has 4 rings (SSSR count). The molecule has 194 valence electrons. The van der Waals surface area contributed by atoms with Gasteiger partial charge in [-0.3, -0.25) is 4.79 Å². The van der Waals surface area contributed by atoms with Crippen molar-refractivity contribution < 1.29 is 27.5 Å². The maximum Gasteiger partial charge on any atom is 0.410 e. The summed E-state index contributed by atoms with van der Waals surface area (Å²) in [6.07, 6.45) is 0.144. The highest BCUT2D eigenvalue weighted by atomic mass is 79.9. The number of rotatable bonds is 7. The summed E-state index contributed by atoms with van der Waals surface area (Å²) in [6, 6.07) is 22.6. The van der Waals surface area contributed by atoms with Gasteiger partial charge in [-0.2, -0.15) is 0 Å². The van der Waals surface area contributed by atoms with E-state index < -0.39 is 22.0 Å². The van der Waals surface area contributed by atoms with E-state index >= 15 is 0 Å². The van der Waals surface area contributed by atoms with Crippen molar-refractivity contribution in [2.75, 3.05) is 26.3 Å². The third kappa shape index (κ3) is 7.41. The van der Waals surface area contributed by atoms with E-state index in [1.54, 1.807) is 41.3 Å². The van der Waals surface area contributed by atoms with Gasteiger partial charge < -0.3 is 14.4 Å². The van der Waals surface area contributed by atoms with Crippen LogP contribution in [0.4, 0.5) is 4.79 Å². The van der Waals surface area contributed by atoms with Crippen LogP contribution in [0.25, 0.3) is 0 Å². The van der Waals surface area contributed by atoms with Crippen molar-refractivity contribution in [3.05, 3.63) is 100 Å². The Hall–Kier alpha value is -3.21. The third-order valence-corrected chi connectivity index (χ3v) is 8.21. The molecule has 1 saturated heterocycles. The highest BCUT2D eigenvalue weighted by Crippen LogP contribution is 2.22. The van der Waals surface area contributed by atoms with E-state index in [1.807, 2.05) is 36.4 Å². The highest BCUT2D eigenvalue weighted by molar-refractivity contribution is 9.10. The van der Waals surface area contributed by atoms with Crippen LogP contribution in [-0.2, 0) is 32.5 Å². The van der Waals surface area contributed by atoms with Crippen LogP contribution >= 0.6 is 15.9 Å². The molecule has 3 aromatic rings. The van der Waals surface area contributed by atoms with Crippen LogP contribution in [0.15, 0.2) is 88.2 Å². The van der Waals surface area contributed by atoms with Gasteiger partial charge in [-0.25, -0.2) is 17.9 Å². The monoisotopic (exact) mass is 586 g/mol. The number of nitrogens with one attached hydrogen (secondary N) is 1. The molecular formula is C27H27BrN2O6S. The second-order valence-corrected chi connectivity index (χ2v) is 11.2. The Morgan fingerprint density at radius 2 is 1.73 bits per heavy atom. The summed E-state index contributed by atoms with van der Waals surface area (Å²) >= 11 is 3.21. The molecule has 1 N–H and O–H groups in total. The summed E-state index contributed by atoms with van der Waals surface area (Å²) in [5, 5.41) is 0. The molecule has 0 aliphatic carbocycles. The molecule has 1 atom stereocenters. The van der Waals surface area contributed by atoms with Crippen molar-refractivity contribution in [2.24, 2.45) is 5.92 Å². The average Bonchev–Trinajstić information content (AvgIpc) is 3.13. The lowest BCUT2D eigenvalue weighted by Crippen LogP contribution is -2.36. The summed E-state index contributed by atoms with van der Waals surface area (Å²) in [5.41, 5.74) is 1.97. The first-order valence-electron chi connectivity index (χ1n) is 11.8. The number of nitrogens with zero attached hydrogens (tertiary/aromatic N) is 1. The topological polar surface area (TPSA) is 102 Å². The molecule has 8 nitrogen and oxygen atoms in total. The van der Waals surface area contributed by atoms with Gasteiger partial charge >= 0.3 is 6.09 Å². The highest BCUT2D eigenvalue weighted by Gasteiger charge is 2.25. The zero-order valence-corrected chi connectivity index (χ0v) is 22.4. The number of sulfonamides is 1. The molecule has 1 aliphatic heterocycles. The zero-order valence-electron chi connectivity index (χ0n) is 20.0. The van der Waals surface area contributed by atoms with Crippen LogP contribution in [0.5, 0.6) is 0 Å². The van der Waals surface area contributed by atoms with Crippen molar-refractivity contribution in [1.82, 2.24) is 9.62 Å². The van der Waals surface area contributed by atoms with Crippen molar-refractivity contribution >= 4 is 38.0 Å². The fourth-order valence-corrected chi connectivity index (χ4v) is 6.03. The van der Waals surface area contributed by atoms with E-state index in [0.717, 1.165) is 11.1 Å². The lowest BCUT2D eigenvalue weighted by atomic mass is 9.98. The maximum absolute atomic E-state index is 12.8. The standard InChI is InChI=1S/C27H27BrN2O6S/c28-24-11-4-5-12-25(24)37(33,34)29-26(31)23-10-6-9-21(16-23)15-22-17-30(13-14-35-18-22)27(32)36-19-20-7-2-1-3-8-20/h1-12,16,22H,13-15,17-19H2,(H,29,31). The molecule has 37 heavy (non-hydrogen) atoms. The van der Waals surface area contributed by atoms with E-state index in [0.29, 0.717) is 37.2 Å². The van der Waals surface area contributed by atoms with E-state index in [2.05, 4.69) is 20.7 Å². The van der Waals surface area contributed by atoms with Gasteiger partial charge in [0.15, 0.2) is 0 Å². The Bertz CT molecular complexity index is 1350. The number of benzene rings is 3. The molecule has 1 aliphatic rings. The van der Waals surface area contributed by atoms with Gasteiger partial charge in [0.25, 0.3) is 15.9 Å². The number of amides is 2. The fourth-order valence-electron chi connectivity index (χ4n) is 4.05. The van der Waals surface area contributed by atoms with Gasteiger partial charge in [0.05, 0.1) is 13.2 Å². The second kappa shape index (κ2) is 12.4. The minimum absolute atomic E-state index is 0.0191. The number of carbonyl (C=O) groups excluding carboxylic acids is 2.